The van der Waals surface area contributed by atoms with E-state index in [1.54, 1.807) is 0 Å². The van der Waals surface area contributed by atoms with Crippen LogP contribution in [0.15, 0.2) is 0 Å². The summed E-state index contributed by atoms with van der Waals surface area (Å²) in [4.78, 5) is 16.6. The van der Waals surface area contributed by atoms with Gasteiger partial charge in [0.2, 0.25) is 5.91 Å². The number of amides is 1. The highest BCUT2D eigenvalue weighted by atomic mass is 16.2. The van der Waals surface area contributed by atoms with Crippen molar-refractivity contribution in [3.8, 4) is 0 Å². The van der Waals surface area contributed by atoms with Crippen molar-refractivity contribution in [3.63, 3.8) is 0 Å². The number of nitrogens with zero attached hydrogens (tertiary/aromatic N) is 2. The van der Waals surface area contributed by atoms with Gasteiger partial charge < -0.3 is 4.90 Å². The molecule has 1 aliphatic heterocycles. The molecule has 0 aromatic heterocycles. The van der Waals surface area contributed by atoms with Crippen LogP contribution in [0.5, 0.6) is 0 Å². The third-order valence-corrected chi connectivity index (χ3v) is 4.74. The zero-order valence-corrected chi connectivity index (χ0v) is 12.6. The molecule has 1 saturated carbocycles. The smallest absolute Gasteiger partial charge is 0.236 e. The number of carbonyl (C=O) groups is 1. The lowest BCUT2D eigenvalue weighted by atomic mass is 9.89. The summed E-state index contributed by atoms with van der Waals surface area (Å²) in [6, 6.07) is 0. The van der Waals surface area contributed by atoms with Gasteiger partial charge in [0.25, 0.3) is 0 Å². The van der Waals surface area contributed by atoms with Crippen LogP contribution in [0.2, 0.25) is 0 Å². The Labute approximate surface area is 118 Å². The first-order valence-corrected chi connectivity index (χ1v) is 8.22. The van der Waals surface area contributed by atoms with E-state index in [0.717, 1.165) is 25.6 Å². The number of hydrogen-bond acceptors (Lipinski definition) is 2. The van der Waals surface area contributed by atoms with Crippen LogP contribution in [0.25, 0.3) is 0 Å². The number of likely N-dealkylation sites (tertiary alicyclic amines) is 1. The molecule has 0 radical (unpaired) electrons. The van der Waals surface area contributed by atoms with Crippen molar-refractivity contribution >= 4 is 5.91 Å². The molecule has 1 aliphatic carbocycles. The molecule has 0 spiro atoms. The average Bonchev–Trinajstić information content (AvgIpc) is 2.68. The van der Waals surface area contributed by atoms with Crippen LogP contribution >= 0.6 is 0 Å². The highest BCUT2D eigenvalue weighted by Gasteiger charge is 2.20. The van der Waals surface area contributed by atoms with E-state index in [0.29, 0.717) is 12.5 Å². The molecule has 19 heavy (non-hydrogen) atoms. The minimum Gasteiger partial charge on any atom is -0.344 e. The molecule has 1 saturated heterocycles. The quantitative estimate of drug-likeness (QED) is 0.781. The van der Waals surface area contributed by atoms with Gasteiger partial charge in [-0.3, -0.25) is 9.69 Å². The summed E-state index contributed by atoms with van der Waals surface area (Å²) in [6.45, 7) is 3.85. The molecule has 2 fully saturated rings. The largest absolute Gasteiger partial charge is 0.344 e. The Morgan fingerprint density at radius 1 is 1.00 bits per heavy atom. The van der Waals surface area contributed by atoms with Gasteiger partial charge in [-0.1, -0.05) is 32.1 Å². The molecule has 0 aromatic carbocycles. The van der Waals surface area contributed by atoms with Crippen molar-refractivity contribution in [2.24, 2.45) is 5.92 Å². The zero-order chi connectivity index (χ0) is 13.5. The minimum absolute atomic E-state index is 0.326. The predicted octanol–water partition coefficient (Wildman–Crippen LogP) is 2.90. The van der Waals surface area contributed by atoms with Crippen molar-refractivity contribution in [3.05, 3.63) is 0 Å². The highest BCUT2D eigenvalue weighted by molar-refractivity contribution is 5.78. The van der Waals surface area contributed by atoms with Gasteiger partial charge in [-0.15, -0.1) is 0 Å². The lowest BCUT2D eigenvalue weighted by Gasteiger charge is -2.29. The van der Waals surface area contributed by atoms with Crippen LogP contribution < -0.4 is 0 Å². The Kier molecular flexibility index (Phi) is 6.15. The second kappa shape index (κ2) is 7.88. The standard InChI is InChI=1S/C16H30N2O/c1-17(13-15-9-5-4-6-10-15)16(19)14-18-11-7-2-3-8-12-18/h15H,2-14H2,1H3. The molecule has 0 atom stereocenters. The third-order valence-electron chi connectivity index (χ3n) is 4.74. The summed E-state index contributed by atoms with van der Waals surface area (Å²) >= 11 is 0. The van der Waals surface area contributed by atoms with Crippen LogP contribution in [-0.2, 0) is 4.79 Å². The Balaban J connectivity index is 1.71. The number of rotatable bonds is 4. The first-order valence-electron chi connectivity index (χ1n) is 8.22. The van der Waals surface area contributed by atoms with Crippen molar-refractivity contribution in [2.75, 3.05) is 33.2 Å². The fourth-order valence-electron chi connectivity index (χ4n) is 3.47. The SMILES string of the molecule is CN(CC1CCCCC1)C(=O)CN1CCCCCC1. The van der Waals surface area contributed by atoms with Crippen molar-refractivity contribution in [1.82, 2.24) is 9.80 Å². The van der Waals surface area contributed by atoms with E-state index in [-0.39, 0.29) is 0 Å². The lowest BCUT2D eigenvalue weighted by Crippen LogP contribution is -2.41. The molecule has 1 amide bonds. The Morgan fingerprint density at radius 2 is 1.58 bits per heavy atom. The molecule has 3 nitrogen and oxygen atoms in total. The molecule has 0 unspecified atom stereocenters. The second-order valence-electron chi connectivity index (χ2n) is 6.47. The molecular weight excluding hydrogens is 236 g/mol. The molecule has 0 aromatic rings. The number of likely N-dealkylation sites (N-methyl/N-ethyl adjacent to an activating group) is 1. The van der Waals surface area contributed by atoms with Gasteiger partial charge in [-0.05, 0) is 44.7 Å². The topological polar surface area (TPSA) is 23.6 Å². The van der Waals surface area contributed by atoms with Crippen LogP contribution in [0.1, 0.15) is 57.8 Å². The first-order chi connectivity index (χ1) is 9.25. The summed E-state index contributed by atoms with van der Waals surface area (Å²) in [5.41, 5.74) is 0. The predicted molar refractivity (Wildman–Crippen MR) is 79.1 cm³/mol. The fourth-order valence-corrected chi connectivity index (χ4v) is 3.47. The normalized spacial score (nSPS) is 23.0. The minimum atomic E-state index is 0.326. The molecule has 0 N–H and O–H groups in total. The Morgan fingerprint density at radius 3 is 2.21 bits per heavy atom. The van der Waals surface area contributed by atoms with E-state index in [1.165, 1.54) is 57.8 Å². The number of carbonyl (C=O) groups excluding carboxylic acids is 1. The van der Waals surface area contributed by atoms with Crippen LogP contribution in [0.3, 0.4) is 0 Å². The van der Waals surface area contributed by atoms with Crippen molar-refractivity contribution in [1.29, 1.82) is 0 Å². The van der Waals surface area contributed by atoms with Crippen LogP contribution in [-0.4, -0.2) is 48.9 Å². The Bertz CT molecular complexity index is 266. The summed E-state index contributed by atoms with van der Waals surface area (Å²) in [7, 11) is 1.99. The van der Waals surface area contributed by atoms with Gasteiger partial charge in [0.05, 0.1) is 6.54 Å². The van der Waals surface area contributed by atoms with E-state index in [1.807, 2.05) is 11.9 Å². The maximum Gasteiger partial charge on any atom is 0.236 e. The maximum atomic E-state index is 12.3. The second-order valence-corrected chi connectivity index (χ2v) is 6.47. The van der Waals surface area contributed by atoms with Gasteiger partial charge in [0, 0.05) is 13.6 Å². The van der Waals surface area contributed by atoms with Crippen LogP contribution in [0, 0.1) is 5.92 Å². The molecule has 2 aliphatic rings. The number of hydrogen-bond donors (Lipinski definition) is 0. The molecule has 1 heterocycles. The fraction of sp³-hybridized carbons (Fsp3) is 0.938. The van der Waals surface area contributed by atoms with Gasteiger partial charge >= 0.3 is 0 Å². The van der Waals surface area contributed by atoms with Crippen molar-refractivity contribution in [2.45, 2.75) is 57.8 Å². The molecule has 3 heteroatoms. The summed E-state index contributed by atoms with van der Waals surface area (Å²) in [5.74, 6) is 1.08. The molecular formula is C16H30N2O. The first kappa shape index (κ1) is 14.8. The average molecular weight is 266 g/mol. The summed E-state index contributed by atoms with van der Waals surface area (Å²) in [6.07, 6.45) is 12.0. The van der Waals surface area contributed by atoms with Gasteiger partial charge in [-0.25, -0.2) is 0 Å². The summed E-state index contributed by atoms with van der Waals surface area (Å²) < 4.78 is 0. The van der Waals surface area contributed by atoms with E-state index in [2.05, 4.69) is 4.90 Å². The lowest BCUT2D eigenvalue weighted by molar-refractivity contribution is -0.131. The van der Waals surface area contributed by atoms with E-state index >= 15 is 0 Å². The van der Waals surface area contributed by atoms with Gasteiger partial charge in [0.15, 0.2) is 0 Å². The molecule has 110 valence electrons. The van der Waals surface area contributed by atoms with E-state index < -0.39 is 0 Å². The maximum absolute atomic E-state index is 12.3. The van der Waals surface area contributed by atoms with E-state index in [4.69, 9.17) is 0 Å². The Hall–Kier alpha value is -0.570. The van der Waals surface area contributed by atoms with E-state index in [9.17, 15) is 4.79 Å². The molecule has 2 rings (SSSR count). The molecule has 0 bridgehead atoms. The zero-order valence-electron chi connectivity index (χ0n) is 12.6. The third kappa shape index (κ3) is 5.13. The van der Waals surface area contributed by atoms with Gasteiger partial charge in [-0.2, -0.15) is 0 Å². The monoisotopic (exact) mass is 266 g/mol. The summed E-state index contributed by atoms with van der Waals surface area (Å²) in [5, 5.41) is 0. The van der Waals surface area contributed by atoms with Gasteiger partial charge in [0.1, 0.15) is 0 Å². The van der Waals surface area contributed by atoms with Crippen molar-refractivity contribution < 1.29 is 4.79 Å². The van der Waals surface area contributed by atoms with Crippen LogP contribution in [0.4, 0.5) is 0 Å². The highest BCUT2D eigenvalue weighted by Crippen LogP contribution is 2.24.